The zero-order valence-electron chi connectivity index (χ0n) is 17.4. The van der Waals surface area contributed by atoms with Gasteiger partial charge < -0.3 is 19.4 Å². The molecule has 1 N–H and O–H groups in total. The van der Waals surface area contributed by atoms with Crippen molar-refractivity contribution in [2.24, 2.45) is 0 Å². The van der Waals surface area contributed by atoms with E-state index in [9.17, 15) is 9.18 Å². The number of fused-ring (bicyclic) bond motifs is 1. The van der Waals surface area contributed by atoms with E-state index in [1.165, 1.54) is 12.1 Å². The minimum Gasteiger partial charge on any atom is -0.489 e. The fourth-order valence-electron chi connectivity index (χ4n) is 3.41. The summed E-state index contributed by atoms with van der Waals surface area (Å²) in [5.74, 6) is 0.0930. The molecular formula is C25H23FN2O3. The van der Waals surface area contributed by atoms with Gasteiger partial charge in [-0.2, -0.15) is 0 Å². The number of nitrogens with one attached hydrogen (secondary N) is 1. The number of anilines is 1. The highest BCUT2D eigenvalue weighted by Crippen LogP contribution is 2.27. The second-order valence-electron chi connectivity index (χ2n) is 7.54. The third kappa shape index (κ3) is 4.92. The molecule has 158 valence electrons. The van der Waals surface area contributed by atoms with Crippen LogP contribution in [-0.4, -0.2) is 24.9 Å². The molecule has 1 amide bonds. The van der Waals surface area contributed by atoms with Crippen LogP contribution >= 0.6 is 0 Å². The lowest BCUT2D eigenvalue weighted by Gasteiger charge is -2.11. The number of ether oxygens (including phenoxy) is 1. The van der Waals surface area contributed by atoms with E-state index in [1.54, 1.807) is 18.2 Å². The maximum Gasteiger partial charge on any atom is 0.291 e. The van der Waals surface area contributed by atoms with Crippen LogP contribution in [0.1, 0.15) is 21.7 Å². The van der Waals surface area contributed by atoms with Crippen LogP contribution in [0.25, 0.3) is 11.0 Å². The summed E-state index contributed by atoms with van der Waals surface area (Å²) in [5, 5.41) is 3.84. The molecule has 3 aromatic carbocycles. The number of hydrogen-bond acceptors (Lipinski definition) is 4. The minimum absolute atomic E-state index is 0.254. The fourth-order valence-corrected chi connectivity index (χ4v) is 3.41. The molecule has 0 unspecified atom stereocenters. The van der Waals surface area contributed by atoms with Crippen LogP contribution < -0.4 is 10.1 Å². The number of nitrogens with zero attached hydrogens (tertiary/aromatic N) is 1. The Balaban J connectivity index is 1.52. The van der Waals surface area contributed by atoms with E-state index >= 15 is 0 Å². The van der Waals surface area contributed by atoms with Crippen LogP contribution in [0.2, 0.25) is 0 Å². The van der Waals surface area contributed by atoms with Gasteiger partial charge in [-0.1, -0.05) is 36.4 Å². The van der Waals surface area contributed by atoms with Crippen LogP contribution in [0.4, 0.5) is 10.1 Å². The van der Waals surface area contributed by atoms with Gasteiger partial charge in [-0.05, 0) is 50.0 Å². The molecule has 0 atom stereocenters. The van der Waals surface area contributed by atoms with Crippen molar-refractivity contribution < 1.29 is 18.3 Å². The van der Waals surface area contributed by atoms with Crippen molar-refractivity contribution in [3.8, 4) is 5.75 Å². The van der Waals surface area contributed by atoms with E-state index in [0.717, 1.165) is 16.5 Å². The number of halogens is 1. The Hall–Kier alpha value is -3.64. The smallest absolute Gasteiger partial charge is 0.291 e. The predicted molar refractivity (Wildman–Crippen MR) is 119 cm³/mol. The van der Waals surface area contributed by atoms with Crippen LogP contribution in [0, 0.1) is 5.82 Å². The van der Waals surface area contributed by atoms with E-state index in [0.29, 0.717) is 29.3 Å². The van der Waals surface area contributed by atoms with Gasteiger partial charge in [0.15, 0.2) is 5.76 Å². The second-order valence-corrected chi connectivity index (χ2v) is 7.54. The average Bonchev–Trinajstić information content (AvgIpc) is 3.11. The first-order valence-electron chi connectivity index (χ1n) is 9.93. The van der Waals surface area contributed by atoms with Crippen LogP contribution in [0.5, 0.6) is 5.75 Å². The largest absolute Gasteiger partial charge is 0.489 e. The molecular weight excluding hydrogens is 395 g/mol. The topological polar surface area (TPSA) is 54.7 Å². The molecule has 1 heterocycles. The fraction of sp³-hybridized carbons (Fsp3) is 0.160. The molecule has 4 rings (SSSR count). The second kappa shape index (κ2) is 9.02. The van der Waals surface area contributed by atoms with Crippen molar-refractivity contribution in [2.75, 3.05) is 19.4 Å². The normalized spacial score (nSPS) is 11.1. The molecule has 4 aromatic rings. The van der Waals surface area contributed by atoms with Gasteiger partial charge in [0.05, 0.1) is 0 Å². The lowest BCUT2D eigenvalue weighted by atomic mass is 10.1. The first-order chi connectivity index (χ1) is 15.0. The molecule has 0 radical (unpaired) electrons. The van der Waals surface area contributed by atoms with Gasteiger partial charge in [0.1, 0.15) is 23.8 Å². The van der Waals surface area contributed by atoms with Gasteiger partial charge in [0, 0.05) is 29.2 Å². The van der Waals surface area contributed by atoms with Gasteiger partial charge in [-0.15, -0.1) is 0 Å². The molecule has 1 aromatic heterocycles. The molecule has 0 saturated carbocycles. The number of furan rings is 1. The van der Waals surface area contributed by atoms with Gasteiger partial charge in [-0.25, -0.2) is 4.39 Å². The quantitative estimate of drug-likeness (QED) is 0.433. The van der Waals surface area contributed by atoms with Gasteiger partial charge >= 0.3 is 0 Å². The van der Waals surface area contributed by atoms with E-state index in [2.05, 4.69) is 5.32 Å². The minimum atomic E-state index is -0.349. The molecule has 0 fully saturated rings. The highest BCUT2D eigenvalue weighted by molar-refractivity contribution is 6.06. The first kappa shape index (κ1) is 20.6. The molecule has 0 bridgehead atoms. The predicted octanol–water partition coefficient (Wildman–Crippen LogP) is 5.46. The molecule has 0 aliphatic carbocycles. The van der Waals surface area contributed by atoms with E-state index in [1.807, 2.05) is 61.5 Å². The zero-order valence-corrected chi connectivity index (χ0v) is 17.4. The van der Waals surface area contributed by atoms with Gasteiger partial charge in [0.2, 0.25) is 0 Å². The molecule has 0 aliphatic heterocycles. The molecule has 0 spiro atoms. The molecule has 31 heavy (non-hydrogen) atoms. The highest BCUT2D eigenvalue weighted by Gasteiger charge is 2.21. The summed E-state index contributed by atoms with van der Waals surface area (Å²) in [6, 6.07) is 21.0. The number of benzene rings is 3. The Kier molecular flexibility index (Phi) is 6.00. The summed E-state index contributed by atoms with van der Waals surface area (Å²) in [5.41, 5.74) is 3.01. The van der Waals surface area contributed by atoms with Crippen molar-refractivity contribution in [2.45, 2.75) is 13.2 Å². The zero-order chi connectivity index (χ0) is 21.8. The van der Waals surface area contributed by atoms with Crippen LogP contribution in [0.3, 0.4) is 0 Å². The number of amides is 1. The summed E-state index contributed by atoms with van der Waals surface area (Å²) in [6.07, 6.45) is 0. The molecule has 0 aliphatic rings. The van der Waals surface area contributed by atoms with E-state index < -0.39 is 0 Å². The number of hydrogen-bond donors (Lipinski definition) is 1. The highest BCUT2D eigenvalue weighted by atomic mass is 19.1. The summed E-state index contributed by atoms with van der Waals surface area (Å²) < 4.78 is 24.8. The van der Waals surface area contributed by atoms with Crippen LogP contribution in [0.15, 0.2) is 77.2 Å². The number of rotatable bonds is 7. The van der Waals surface area contributed by atoms with Gasteiger partial charge in [-0.3, -0.25) is 4.79 Å². The Bertz CT molecular complexity index is 1220. The standard InChI is InChI=1S/C25H23FN2O3/c1-28(2)15-22-21-11-3-4-12-23(21)31-24(22)25(29)27-19-9-5-7-17(13-19)16-30-20-10-6-8-18(26)14-20/h3-14H,15-16H2,1-2H3,(H,27,29). The van der Waals surface area contributed by atoms with Crippen molar-refractivity contribution in [1.29, 1.82) is 0 Å². The maximum absolute atomic E-state index is 13.3. The van der Waals surface area contributed by atoms with Crippen molar-refractivity contribution in [3.63, 3.8) is 0 Å². The SMILES string of the molecule is CN(C)Cc1c(C(=O)Nc2cccc(COc3cccc(F)c3)c2)oc2ccccc12. The van der Waals surface area contributed by atoms with Crippen LogP contribution in [-0.2, 0) is 13.2 Å². The summed E-state index contributed by atoms with van der Waals surface area (Å²) >= 11 is 0. The van der Waals surface area contributed by atoms with E-state index in [-0.39, 0.29) is 18.3 Å². The Morgan fingerprint density at radius 2 is 1.84 bits per heavy atom. The van der Waals surface area contributed by atoms with Crippen molar-refractivity contribution >= 4 is 22.6 Å². The maximum atomic E-state index is 13.3. The Morgan fingerprint density at radius 1 is 1.03 bits per heavy atom. The lowest BCUT2D eigenvalue weighted by molar-refractivity contribution is 0.0996. The molecule has 5 nitrogen and oxygen atoms in total. The van der Waals surface area contributed by atoms with Crippen molar-refractivity contribution in [3.05, 3.63) is 95.5 Å². The monoisotopic (exact) mass is 418 g/mol. The Labute approximate surface area is 180 Å². The molecule has 6 heteroatoms. The average molecular weight is 418 g/mol. The van der Waals surface area contributed by atoms with Gasteiger partial charge in [0.25, 0.3) is 5.91 Å². The summed E-state index contributed by atoms with van der Waals surface area (Å²) in [7, 11) is 3.90. The van der Waals surface area contributed by atoms with Crippen molar-refractivity contribution in [1.82, 2.24) is 4.90 Å². The molecule has 0 saturated heterocycles. The Morgan fingerprint density at radius 3 is 2.65 bits per heavy atom. The number of para-hydroxylation sites is 1. The third-order valence-corrected chi connectivity index (χ3v) is 4.77. The number of carbonyl (C=O) groups is 1. The first-order valence-corrected chi connectivity index (χ1v) is 9.93. The summed E-state index contributed by atoms with van der Waals surface area (Å²) in [4.78, 5) is 15.0. The van der Waals surface area contributed by atoms with E-state index in [4.69, 9.17) is 9.15 Å². The lowest BCUT2D eigenvalue weighted by Crippen LogP contribution is -2.17. The summed E-state index contributed by atoms with van der Waals surface area (Å²) in [6.45, 7) is 0.838. The third-order valence-electron chi connectivity index (χ3n) is 4.77. The number of carbonyl (C=O) groups excluding carboxylic acids is 1.